The fourth-order valence-electron chi connectivity index (χ4n) is 8.43. The van der Waals surface area contributed by atoms with Gasteiger partial charge in [0.15, 0.2) is 0 Å². The Morgan fingerprint density at radius 1 is 0.400 bits per heavy atom. The topological polar surface area (TPSA) is 0 Å². The third-order valence-corrected chi connectivity index (χ3v) is 11.6. The van der Waals surface area contributed by atoms with Crippen molar-refractivity contribution < 1.29 is 0 Å². The van der Waals surface area contributed by atoms with Gasteiger partial charge in [-0.2, -0.15) is 0 Å². The maximum atomic E-state index is 2.48. The molecule has 0 atom stereocenters. The van der Waals surface area contributed by atoms with Crippen molar-refractivity contribution in [3.8, 4) is 11.1 Å². The summed E-state index contributed by atoms with van der Waals surface area (Å²) in [4.78, 5) is 0. The van der Waals surface area contributed by atoms with Crippen LogP contribution in [0.25, 0.3) is 90.7 Å². The number of benzene rings is 9. The molecule has 0 amide bonds. The van der Waals surface area contributed by atoms with Gasteiger partial charge in [-0.05, 0) is 124 Å². The zero-order chi connectivity index (χ0) is 29.2. The van der Waals surface area contributed by atoms with Crippen LogP contribution >= 0.6 is 11.3 Å². The van der Waals surface area contributed by atoms with Crippen LogP contribution in [-0.2, 0) is 6.42 Å². The second-order valence-electron chi connectivity index (χ2n) is 12.8. The van der Waals surface area contributed by atoms with Crippen molar-refractivity contribution in [1.29, 1.82) is 0 Å². The van der Waals surface area contributed by atoms with Crippen molar-refractivity contribution in [3.63, 3.8) is 0 Å². The third-order valence-electron chi connectivity index (χ3n) is 10.5. The Morgan fingerprint density at radius 3 is 1.73 bits per heavy atom. The molecule has 0 bridgehead atoms. The highest BCUT2D eigenvalue weighted by Crippen LogP contribution is 2.42. The first kappa shape index (κ1) is 24.1. The molecule has 0 spiro atoms. The fraction of sp³-hybridized carbons (Fsp3) is 0.0455. The van der Waals surface area contributed by atoms with E-state index >= 15 is 0 Å². The van der Waals surface area contributed by atoms with Crippen LogP contribution in [0.3, 0.4) is 0 Å². The molecule has 0 fully saturated rings. The average Bonchev–Trinajstić information content (AvgIpc) is 3.46. The minimum atomic E-state index is 1.07. The van der Waals surface area contributed by atoms with Gasteiger partial charge in [0.1, 0.15) is 0 Å². The highest BCUT2D eigenvalue weighted by Gasteiger charge is 2.18. The van der Waals surface area contributed by atoms with Gasteiger partial charge in [0.25, 0.3) is 0 Å². The van der Waals surface area contributed by atoms with E-state index < -0.39 is 0 Å². The Balaban J connectivity index is 1.14. The molecule has 1 aliphatic rings. The average molecular weight is 587 g/mol. The van der Waals surface area contributed by atoms with Crippen LogP contribution in [0.5, 0.6) is 0 Å². The molecule has 10 aromatic rings. The van der Waals surface area contributed by atoms with Gasteiger partial charge in [0.2, 0.25) is 0 Å². The van der Waals surface area contributed by atoms with E-state index in [0.717, 1.165) is 12.8 Å². The SMILES string of the molecule is c1cc2ccc3c4c(ccc(c1)c24)=C(c1ccc2sc4ccc(-c5ccc6ccc7cccc8ccc5c6c78)cc4c2c1)CC3. The molecule has 11 rings (SSSR count). The Morgan fingerprint density at radius 2 is 0.978 bits per heavy atom. The lowest BCUT2D eigenvalue weighted by Crippen LogP contribution is -2.16. The van der Waals surface area contributed by atoms with Crippen molar-refractivity contribution in [2.75, 3.05) is 0 Å². The molecule has 0 saturated heterocycles. The van der Waals surface area contributed by atoms with Gasteiger partial charge in [0.05, 0.1) is 0 Å². The monoisotopic (exact) mass is 586 g/mol. The van der Waals surface area contributed by atoms with Gasteiger partial charge < -0.3 is 0 Å². The fourth-order valence-corrected chi connectivity index (χ4v) is 9.49. The number of hydrogen-bond donors (Lipinski definition) is 0. The summed E-state index contributed by atoms with van der Waals surface area (Å²) >= 11 is 1.91. The van der Waals surface area contributed by atoms with Gasteiger partial charge in [0, 0.05) is 20.2 Å². The number of hydrogen-bond acceptors (Lipinski definition) is 1. The zero-order valence-corrected chi connectivity index (χ0v) is 25.3. The van der Waals surface area contributed by atoms with E-state index in [4.69, 9.17) is 0 Å². The van der Waals surface area contributed by atoms with Crippen LogP contribution in [0, 0.1) is 0 Å². The van der Waals surface area contributed by atoms with E-state index in [1.807, 2.05) is 11.3 Å². The van der Waals surface area contributed by atoms with Crippen LogP contribution in [0.1, 0.15) is 17.5 Å². The summed E-state index contributed by atoms with van der Waals surface area (Å²) in [6.07, 6.45) is 2.16. The van der Waals surface area contributed by atoms with Gasteiger partial charge in [-0.1, -0.05) is 109 Å². The standard InChI is InChI=1S/C44H26S/c1-3-25-7-9-29-11-17-33(35-19-13-27(5-1)41(25)43(29)35)31-15-21-39-37(23-31)38-24-32(16-22-40(38)45-39)34-18-12-30-10-8-26-4-2-6-28-14-20-36(34)44(30)42(26)28/h1-11,13-17,19-24H,12,18H2. The van der Waals surface area contributed by atoms with Crippen molar-refractivity contribution in [2.45, 2.75) is 12.8 Å². The number of aryl methyl sites for hydroxylation is 1. The molecule has 0 aliphatic heterocycles. The molecule has 1 heteroatoms. The second-order valence-corrected chi connectivity index (χ2v) is 13.8. The predicted octanol–water partition coefficient (Wildman–Crippen LogP) is 11.8. The van der Waals surface area contributed by atoms with Crippen LogP contribution in [-0.4, -0.2) is 0 Å². The largest absolute Gasteiger partial charge is 0.135 e. The first-order valence-corrected chi connectivity index (χ1v) is 16.7. The Labute approximate surface area is 263 Å². The summed E-state index contributed by atoms with van der Waals surface area (Å²) in [5.74, 6) is 0. The maximum Gasteiger partial charge on any atom is 0.0355 e. The van der Waals surface area contributed by atoms with Crippen molar-refractivity contribution in [3.05, 3.63) is 150 Å². The van der Waals surface area contributed by atoms with E-state index in [9.17, 15) is 0 Å². The normalized spacial score (nSPS) is 13.6. The summed E-state index contributed by atoms with van der Waals surface area (Å²) in [5, 5.41) is 17.7. The van der Waals surface area contributed by atoms with Crippen LogP contribution in [0.15, 0.2) is 133 Å². The predicted molar refractivity (Wildman–Crippen MR) is 196 cm³/mol. The highest BCUT2D eigenvalue weighted by atomic mass is 32.1. The Kier molecular flexibility index (Phi) is 4.66. The van der Waals surface area contributed by atoms with Crippen LogP contribution in [0.4, 0.5) is 0 Å². The summed E-state index contributed by atoms with van der Waals surface area (Å²) in [6, 6.07) is 50.8. The van der Waals surface area contributed by atoms with Crippen molar-refractivity contribution in [1.82, 2.24) is 0 Å². The number of fused-ring (bicyclic) bond motifs is 3. The molecule has 0 saturated carbocycles. The zero-order valence-electron chi connectivity index (χ0n) is 24.5. The third kappa shape index (κ3) is 3.26. The van der Waals surface area contributed by atoms with Gasteiger partial charge in [-0.15, -0.1) is 11.3 Å². The molecule has 1 heterocycles. The Bertz CT molecular complexity index is 2890. The summed E-state index contributed by atoms with van der Waals surface area (Å²) < 4.78 is 2.71. The summed E-state index contributed by atoms with van der Waals surface area (Å²) in [5.41, 5.74) is 6.91. The number of thiophene rings is 1. The van der Waals surface area contributed by atoms with Crippen LogP contribution < -0.4 is 5.22 Å². The summed E-state index contributed by atoms with van der Waals surface area (Å²) in [7, 11) is 0. The van der Waals surface area contributed by atoms with E-state index in [-0.39, 0.29) is 0 Å². The lowest BCUT2D eigenvalue weighted by Gasteiger charge is -2.20. The highest BCUT2D eigenvalue weighted by molar-refractivity contribution is 7.25. The smallest absolute Gasteiger partial charge is 0.0355 e. The van der Waals surface area contributed by atoms with Crippen molar-refractivity contribution in [2.24, 2.45) is 0 Å². The van der Waals surface area contributed by atoms with E-state index in [1.54, 1.807) is 0 Å². The lowest BCUT2D eigenvalue weighted by atomic mass is 9.84. The Hall–Kier alpha value is -5.24. The molecule has 0 radical (unpaired) electrons. The molecular formula is C44H26S. The molecule has 0 nitrogen and oxygen atoms in total. The molecule has 0 N–H and O–H groups in total. The molecule has 1 aromatic heterocycles. The lowest BCUT2D eigenvalue weighted by molar-refractivity contribution is 1.01. The molecule has 208 valence electrons. The van der Waals surface area contributed by atoms with Gasteiger partial charge in [-0.25, -0.2) is 0 Å². The minimum Gasteiger partial charge on any atom is -0.135 e. The minimum absolute atomic E-state index is 1.07. The maximum absolute atomic E-state index is 2.48. The van der Waals surface area contributed by atoms with E-state index in [0.29, 0.717) is 0 Å². The molecule has 1 aliphatic carbocycles. The molecule has 0 unspecified atom stereocenters. The molecule has 9 aromatic carbocycles. The quantitative estimate of drug-likeness (QED) is 0.177. The first-order valence-electron chi connectivity index (χ1n) is 15.9. The van der Waals surface area contributed by atoms with Crippen LogP contribution in [0.2, 0.25) is 0 Å². The summed E-state index contributed by atoms with van der Waals surface area (Å²) in [6.45, 7) is 0. The van der Waals surface area contributed by atoms with Gasteiger partial charge >= 0.3 is 0 Å². The number of rotatable bonds is 2. The molecule has 45 heavy (non-hydrogen) atoms. The van der Waals surface area contributed by atoms with Gasteiger partial charge in [-0.3, -0.25) is 0 Å². The van der Waals surface area contributed by atoms with E-state index in [1.165, 1.54) is 107 Å². The molecular weight excluding hydrogens is 561 g/mol. The van der Waals surface area contributed by atoms with Crippen molar-refractivity contribution >= 4 is 90.9 Å². The first-order chi connectivity index (χ1) is 22.3. The van der Waals surface area contributed by atoms with E-state index in [2.05, 4.69) is 133 Å². The second kappa shape index (κ2) is 8.69.